The summed E-state index contributed by atoms with van der Waals surface area (Å²) in [4.78, 5) is 11.8. The van der Waals surface area contributed by atoms with Crippen molar-refractivity contribution in [1.29, 1.82) is 0 Å². The lowest BCUT2D eigenvalue weighted by Crippen LogP contribution is -2.07. The predicted octanol–water partition coefficient (Wildman–Crippen LogP) is 3.11. The third-order valence-electron chi connectivity index (χ3n) is 2.68. The minimum Gasteiger partial charge on any atom is -0.294 e. The fourth-order valence-corrected chi connectivity index (χ4v) is 2.19. The highest BCUT2D eigenvalue weighted by Crippen LogP contribution is 2.33. The van der Waals surface area contributed by atoms with Crippen molar-refractivity contribution < 1.29 is 4.79 Å². The van der Waals surface area contributed by atoms with Gasteiger partial charge < -0.3 is 0 Å². The van der Waals surface area contributed by atoms with Crippen molar-refractivity contribution in [3.63, 3.8) is 0 Å². The lowest BCUT2D eigenvalue weighted by Gasteiger charge is -2.01. The normalized spacial score (nSPS) is 20.5. The number of fused-ring (bicyclic) bond motifs is 1. The molecule has 1 atom stereocenters. The van der Waals surface area contributed by atoms with Crippen molar-refractivity contribution in [3.05, 3.63) is 34.3 Å². The van der Waals surface area contributed by atoms with E-state index in [2.05, 4.69) is 0 Å². The van der Waals surface area contributed by atoms with E-state index in [1.165, 1.54) is 0 Å². The SMILES string of the molecule is CCC1Cc2cccc(Cl)c2C1=O. The summed E-state index contributed by atoms with van der Waals surface area (Å²) in [5.74, 6) is 0.387. The van der Waals surface area contributed by atoms with Crippen LogP contribution >= 0.6 is 11.6 Å². The maximum absolute atomic E-state index is 11.8. The van der Waals surface area contributed by atoms with E-state index >= 15 is 0 Å². The Hall–Kier alpha value is -0.820. The molecule has 0 aliphatic heterocycles. The highest BCUT2D eigenvalue weighted by molar-refractivity contribution is 6.34. The Bertz CT molecular complexity index is 357. The number of ketones is 1. The average Bonchev–Trinajstić information content (AvgIpc) is 2.44. The molecule has 0 saturated carbocycles. The Morgan fingerprint density at radius 1 is 1.54 bits per heavy atom. The van der Waals surface area contributed by atoms with Gasteiger partial charge in [-0.05, 0) is 24.5 Å². The molecule has 1 unspecified atom stereocenters. The summed E-state index contributed by atoms with van der Waals surface area (Å²) in [6.07, 6.45) is 1.77. The van der Waals surface area contributed by atoms with E-state index in [-0.39, 0.29) is 11.7 Å². The summed E-state index contributed by atoms with van der Waals surface area (Å²) < 4.78 is 0. The van der Waals surface area contributed by atoms with Gasteiger partial charge in [0.25, 0.3) is 0 Å². The molecular weight excluding hydrogens is 184 g/mol. The smallest absolute Gasteiger partial charge is 0.168 e. The number of benzene rings is 1. The summed E-state index contributed by atoms with van der Waals surface area (Å²) in [6.45, 7) is 2.04. The number of rotatable bonds is 1. The van der Waals surface area contributed by atoms with Gasteiger partial charge in [-0.25, -0.2) is 0 Å². The Kier molecular flexibility index (Phi) is 2.12. The third kappa shape index (κ3) is 1.28. The van der Waals surface area contributed by atoms with Crippen molar-refractivity contribution >= 4 is 17.4 Å². The minimum absolute atomic E-state index is 0.162. The van der Waals surface area contributed by atoms with Crippen LogP contribution in [0.4, 0.5) is 0 Å². The van der Waals surface area contributed by atoms with Crippen LogP contribution in [0, 0.1) is 5.92 Å². The number of carbonyl (C=O) groups excluding carboxylic acids is 1. The van der Waals surface area contributed by atoms with Crippen molar-refractivity contribution in [2.75, 3.05) is 0 Å². The van der Waals surface area contributed by atoms with Crippen molar-refractivity contribution in [3.8, 4) is 0 Å². The molecule has 0 heterocycles. The Labute approximate surface area is 82.7 Å². The lowest BCUT2D eigenvalue weighted by molar-refractivity contribution is 0.0934. The monoisotopic (exact) mass is 194 g/mol. The van der Waals surface area contributed by atoms with Crippen LogP contribution in [0.25, 0.3) is 0 Å². The predicted molar refractivity (Wildman–Crippen MR) is 53.3 cm³/mol. The van der Waals surface area contributed by atoms with Gasteiger partial charge in [0.15, 0.2) is 5.78 Å². The van der Waals surface area contributed by atoms with Gasteiger partial charge in [0, 0.05) is 11.5 Å². The second-order valence-corrected chi connectivity index (χ2v) is 3.85. The first-order valence-corrected chi connectivity index (χ1v) is 4.93. The van der Waals surface area contributed by atoms with Crippen LogP contribution in [0.3, 0.4) is 0 Å². The molecule has 0 spiro atoms. The molecule has 2 heteroatoms. The molecule has 0 radical (unpaired) electrons. The first kappa shape index (κ1) is 8.76. The second-order valence-electron chi connectivity index (χ2n) is 3.45. The van der Waals surface area contributed by atoms with Crippen LogP contribution in [0.1, 0.15) is 29.3 Å². The number of hydrogen-bond acceptors (Lipinski definition) is 1. The molecule has 68 valence electrons. The maximum Gasteiger partial charge on any atom is 0.168 e. The molecule has 1 aliphatic rings. The van der Waals surface area contributed by atoms with Gasteiger partial charge in [-0.3, -0.25) is 4.79 Å². The van der Waals surface area contributed by atoms with Crippen LogP contribution in [0.5, 0.6) is 0 Å². The Morgan fingerprint density at radius 2 is 2.31 bits per heavy atom. The number of halogens is 1. The van der Waals surface area contributed by atoms with Crippen molar-refractivity contribution in [1.82, 2.24) is 0 Å². The van der Waals surface area contributed by atoms with Gasteiger partial charge in [0.2, 0.25) is 0 Å². The molecule has 1 nitrogen and oxygen atoms in total. The van der Waals surface area contributed by atoms with Gasteiger partial charge in [0.05, 0.1) is 5.02 Å². The Morgan fingerprint density at radius 3 is 2.92 bits per heavy atom. The molecule has 1 aliphatic carbocycles. The van der Waals surface area contributed by atoms with E-state index in [1.807, 2.05) is 19.1 Å². The average molecular weight is 195 g/mol. The largest absolute Gasteiger partial charge is 0.294 e. The highest BCUT2D eigenvalue weighted by atomic mass is 35.5. The van der Waals surface area contributed by atoms with Crippen LogP contribution in [0.2, 0.25) is 5.02 Å². The minimum atomic E-state index is 0.162. The molecule has 0 fully saturated rings. The van der Waals surface area contributed by atoms with Crippen LogP contribution in [-0.2, 0) is 6.42 Å². The van der Waals surface area contributed by atoms with Crippen LogP contribution in [-0.4, -0.2) is 5.78 Å². The van der Waals surface area contributed by atoms with Crippen LogP contribution in [0.15, 0.2) is 18.2 Å². The first-order chi connectivity index (χ1) is 6.24. The molecule has 0 N–H and O–H groups in total. The standard InChI is InChI=1S/C11H11ClO/c1-2-7-6-8-4-3-5-9(12)10(8)11(7)13/h3-5,7H,2,6H2,1H3. The van der Waals surface area contributed by atoms with Gasteiger partial charge in [-0.1, -0.05) is 30.7 Å². The van der Waals surface area contributed by atoms with E-state index in [4.69, 9.17) is 11.6 Å². The molecule has 0 amide bonds. The van der Waals surface area contributed by atoms with Crippen molar-refractivity contribution in [2.45, 2.75) is 19.8 Å². The number of hydrogen-bond donors (Lipinski definition) is 0. The maximum atomic E-state index is 11.8. The van der Waals surface area contributed by atoms with E-state index in [9.17, 15) is 4.79 Å². The van der Waals surface area contributed by atoms with Crippen molar-refractivity contribution in [2.24, 2.45) is 5.92 Å². The summed E-state index contributed by atoms with van der Waals surface area (Å²) in [5.41, 5.74) is 1.88. The van der Waals surface area contributed by atoms with Gasteiger partial charge >= 0.3 is 0 Å². The lowest BCUT2D eigenvalue weighted by atomic mass is 10.0. The molecule has 13 heavy (non-hydrogen) atoms. The zero-order chi connectivity index (χ0) is 9.42. The topological polar surface area (TPSA) is 17.1 Å². The number of carbonyl (C=O) groups is 1. The number of Topliss-reactive ketones (excluding diaryl/α,β-unsaturated/α-hetero) is 1. The summed E-state index contributed by atoms with van der Waals surface area (Å²) >= 11 is 5.97. The summed E-state index contributed by atoms with van der Waals surface area (Å²) in [7, 11) is 0. The summed E-state index contributed by atoms with van der Waals surface area (Å²) in [6, 6.07) is 5.69. The van der Waals surface area contributed by atoms with Crippen LogP contribution < -0.4 is 0 Å². The third-order valence-corrected chi connectivity index (χ3v) is 2.99. The molecule has 0 aromatic heterocycles. The second kappa shape index (κ2) is 3.15. The molecular formula is C11H11ClO. The summed E-state index contributed by atoms with van der Waals surface area (Å²) in [5, 5.41) is 0.610. The zero-order valence-electron chi connectivity index (χ0n) is 7.51. The molecule has 2 rings (SSSR count). The zero-order valence-corrected chi connectivity index (χ0v) is 8.27. The fraction of sp³-hybridized carbons (Fsp3) is 0.364. The molecule has 1 aromatic rings. The van der Waals surface area contributed by atoms with E-state index in [0.29, 0.717) is 5.02 Å². The van der Waals surface area contributed by atoms with E-state index in [1.54, 1.807) is 6.07 Å². The van der Waals surface area contributed by atoms with Gasteiger partial charge in [-0.15, -0.1) is 0 Å². The van der Waals surface area contributed by atoms with Gasteiger partial charge in [0.1, 0.15) is 0 Å². The molecule has 1 aromatic carbocycles. The fourth-order valence-electron chi connectivity index (χ4n) is 1.91. The molecule has 0 saturated heterocycles. The molecule has 0 bridgehead atoms. The van der Waals surface area contributed by atoms with E-state index < -0.39 is 0 Å². The first-order valence-electron chi connectivity index (χ1n) is 4.55. The quantitative estimate of drug-likeness (QED) is 0.672. The van der Waals surface area contributed by atoms with E-state index in [0.717, 1.165) is 24.0 Å². The van der Waals surface area contributed by atoms with Gasteiger partial charge in [-0.2, -0.15) is 0 Å². The Balaban J connectivity index is 2.50. The highest BCUT2D eigenvalue weighted by Gasteiger charge is 2.30.